The molecule has 4 bridgehead atoms. The van der Waals surface area contributed by atoms with Crippen LogP contribution in [0, 0.1) is 62.6 Å². The van der Waals surface area contributed by atoms with Gasteiger partial charge in [0.2, 0.25) is 0 Å². The first-order chi connectivity index (χ1) is 30.7. The third-order valence-corrected chi connectivity index (χ3v) is 20.4. The molecule has 11 rings (SSSR count). The highest BCUT2D eigenvalue weighted by molar-refractivity contribution is 6.04. The molecule has 0 amide bonds. The van der Waals surface area contributed by atoms with Crippen molar-refractivity contribution in [2.24, 2.45) is 67.2 Å². The number of aliphatic hydroxyl groups is 4. The summed E-state index contributed by atoms with van der Waals surface area (Å²) in [7, 11) is 0. The van der Waals surface area contributed by atoms with Gasteiger partial charge in [0.25, 0.3) is 0 Å². The quantitative estimate of drug-likeness (QED) is 0.0637. The SMILES string of the molecule is C/C(C(=O)O)=C1/CC[C@]2(N=C(N)N)C=C[C@@]34C[C@@]5(O)C=C[C@]6(O)C7=C8C(=O)[C@@H](CCCC[C@@H]3[C@]2(O)[C@@H]1O)[C@@]4(C)[C@]75CCC#CC[C@]1(C)C(=O)CC[C@@]8(C)[C@@H]1[C@@H]6C1=Cc2ccccc2CC1. The maximum Gasteiger partial charge on any atom is 0.331 e. The van der Waals surface area contributed by atoms with Gasteiger partial charge in [-0.05, 0) is 104 Å². The van der Waals surface area contributed by atoms with Gasteiger partial charge in [-0.2, -0.15) is 0 Å². The van der Waals surface area contributed by atoms with Crippen molar-refractivity contribution < 1.29 is 39.9 Å². The molecule has 0 aromatic heterocycles. The minimum absolute atomic E-state index is 0.0409. The van der Waals surface area contributed by atoms with Crippen LogP contribution in [0.1, 0.15) is 122 Å². The Bertz CT molecular complexity index is 2660. The van der Waals surface area contributed by atoms with E-state index in [4.69, 9.17) is 16.5 Å². The lowest BCUT2D eigenvalue weighted by molar-refractivity contribution is -0.219. The first-order valence-electron chi connectivity index (χ1n) is 24.0. The van der Waals surface area contributed by atoms with E-state index >= 15 is 4.79 Å². The number of nitrogens with two attached hydrogens (primary N) is 2. The maximum atomic E-state index is 16.6. The fraction of sp³-hybridized carbons (Fsp3) is 0.593. The summed E-state index contributed by atoms with van der Waals surface area (Å²) in [5.41, 5.74) is 3.94. The number of hydrogen-bond donors (Lipinski definition) is 7. The molecule has 10 aliphatic carbocycles. The molecule has 11 nitrogen and oxygen atoms in total. The number of allylic oxidation sites excluding steroid dienone is 2. The molecule has 342 valence electrons. The zero-order chi connectivity index (χ0) is 46.1. The van der Waals surface area contributed by atoms with E-state index in [1.54, 1.807) is 18.2 Å². The number of aliphatic hydroxyl groups excluding tert-OH is 1. The molecule has 0 saturated heterocycles. The molecule has 4 fully saturated rings. The first kappa shape index (κ1) is 43.0. The molecule has 14 atom stereocenters. The lowest BCUT2D eigenvalue weighted by Gasteiger charge is -2.72. The number of guanidine groups is 1. The molecule has 1 aromatic rings. The monoisotopic (exact) mass is 881 g/mol. The number of Topliss-reactive ketones (excluding diaryl/α,β-unsaturated/α-hetero) is 2. The Labute approximate surface area is 380 Å². The highest BCUT2D eigenvalue weighted by Gasteiger charge is 2.87. The highest BCUT2D eigenvalue weighted by atomic mass is 16.4. The van der Waals surface area contributed by atoms with Crippen LogP contribution in [0.25, 0.3) is 6.08 Å². The average Bonchev–Trinajstić information content (AvgIpc) is 3.41. The summed E-state index contributed by atoms with van der Waals surface area (Å²) in [4.78, 5) is 48.7. The fourth-order valence-electron chi connectivity index (χ4n) is 17.9. The zero-order valence-corrected chi connectivity index (χ0v) is 38.0. The Morgan fingerprint density at radius 3 is 2.38 bits per heavy atom. The first-order valence-corrected chi connectivity index (χ1v) is 24.0. The second-order valence-electron chi connectivity index (χ2n) is 22.6. The van der Waals surface area contributed by atoms with Crippen LogP contribution in [0.5, 0.6) is 0 Å². The Morgan fingerprint density at radius 1 is 0.877 bits per heavy atom. The number of rotatable bonds is 3. The molecular weight excluding hydrogens is 819 g/mol. The zero-order valence-electron chi connectivity index (χ0n) is 38.0. The summed E-state index contributed by atoms with van der Waals surface area (Å²) >= 11 is 0. The Balaban J connectivity index is 1.26. The number of aryl methyl sites for hydroxylation is 1. The van der Waals surface area contributed by atoms with Crippen LogP contribution in [-0.4, -0.2) is 77.5 Å². The second-order valence-corrected chi connectivity index (χ2v) is 22.6. The van der Waals surface area contributed by atoms with E-state index in [0.29, 0.717) is 56.1 Å². The van der Waals surface area contributed by atoms with Gasteiger partial charge in [-0.3, -0.25) is 9.59 Å². The van der Waals surface area contributed by atoms with Crippen LogP contribution in [0.15, 0.2) is 81.4 Å². The van der Waals surface area contributed by atoms with Gasteiger partial charge in [-0.1, -0.05) is 87.8 Å². The average molecular weight is 882 g/mol. The van der Waals surface area contributed by atoms with E-state index < -0.39 is 85.2 Å². The molecule has 10 aliphatic rings. The third-order valence-electron chi connectivity index (χ3n) is 20.4. The number of carbonyl (C=O) groups excluding carboxylic acids is 2. The number of aliphatic imine (C=N–C) groups is 1. The van der Waals surface area contributed by atoms with Crippen molar-refractivity contribution >= 4 is 29.6 Å². The smallest absolute Gasteiger partial charge is 0.331 e. The number of benzene rings is 1. The van der Waals surface area contributed by atoms with Crippen molar-refractivity contribution in [2.45, 2.75) is 146 Å². The minimum Gasteiger partial charge on any atom is -0.478 e. The summed E-state index contributed by atoms with van der Waals surface area (Å²) in [6.07, 6.45) is 13.1. The molecule has 9 N–H and O–H groups in total. The van der Waals surface area contributed by atoms with Crippen molar-refractivity contribution in [3.05, 3.63) is 87.6 Å². The molecule has 0 aliphatic heterocycles. The highest BCUT2D eigenvalue weighted by Crippen LogP contribution is 2.86. The van der Waals surface area contributed by atoms with Crippen LogP contribution >= 0.6 is 0 Å². The second kappa shape index (κ2) is 13.3. The predicted molar refractivity (Wildman–Crippen MR) is 244 cm³/mol. The number of ketones is 2. The van der Waals surface area contributed by atoms with Gasteiger partial charge in [0.1, 0.15) is 28.6 Å². The predicted octanol–water partition coefficient (Wildman–Crippen LogP) is 5.79. The molecule has 0 radical (unpaired) electrons. The third kappa shape index (κ3) is 4.73. The Morgan fingerprint density at radius 2 is 1.63 bits per heavy atom. The summed E-state index contributed by atoms with van der Waals surface area (Å²) in [5.74, 6) is 2.71. The van der Waals surface area contributed by atoms with Crippen LogP contribution in [-0.2, 0) is 20.8 Å². The van der Waals surface area contributed by atoms with Crippen molar-refractivity contribution in [3.8, 4) is 11.8 Å². The number of carboxylic acid groups (broad SMARTS) is 1. The van der Waals surface area contributed by atoms with Gasteiger partial charge in [-0.15, -0.1) is 11.8 Å². The van der Waals surface area contributed by atoms with Gasteiger partial charge in [-0.25, -0.2) is 9.79 Å². The molecule has 4 saturated carbocycles. The lowest BCUT2D eigenvalue weighted by atomic mass is 9.31. The number of carboxylic acids is 1. The van der Waals surface area contributed by atoms with E-state index in [-0.39, 0.29) is 67.2 Å². The van der Waals surface area contributed by atoms with Gasteiger partial charge in [0, 0.05) is 69.8 Å². The van der Waals surface area contributed by atoms with E-state index in [9.17, 15) is 35.1 Å². The number of carbonyl (C=O) groups is 3. The van der Waals surface area contributed by atoms with E-state index in [1.165, 1.54) is 12.5 Å². The topological polar surface area (TPSA) is 217 Å². The summed E-state index contributed by atoms with van der Waals surface area (Å²) in [6.45, 7) is 7.72. The number of aliphatic carboxylic acids is 1. The fourth-order valence-corrected chi connectivity index (χ4v) is 17.9. The number of hydrogen-bond acceptors (Lipinski definition) is 8. The molecular formula is C54H63N3O8. The lowest BCUT2D eigenvalue weighted by Crippen LogP contribution is -2.76. The van der Waals surface area contributed by atoms with Crippen molar-refractivity contribution in [2.75, 3.05) is 0 Å². The van der Waals surface area contributed by atoms with Gasteiger partial charge in [0.05, 0.1) is 5.60 Å². The molecule has 2 spiro atoms. The van der Waals surface area contributed by atoms with Gasteiger partial charge < -0.3 is 37.0 Å². The number of nitrogens with zero attached hydrogens (tertiary/aromatic N) is 1. The van der Waals surface area contributed by atoms with Crippen molar-refractivity contribution in [1.29, 1.82) is 0 Å². The molecule has 11 heteroatoms. The van der Waals surface area contributed by atoms with Crippen molar-refractivity contribution in [3.63, 3.8) is 0 Å². The molecule has 65 heavy (non-hydrogen) atoms. The van der Waals surface area contributed by atoms with Crippen LogP contribution in [0.3, 0.4) is 0 Å². The summed E-state index contributed by atoms with van der Waals surface area (Å²) in [5, 5.41) is 65.8. The van der Waals surface area contributed by atoms with E-state index in [1.807, 2.05) is 19.1 Å². The largest absolute Gasteiger partial charge is 0.478 e. The van der Waals surface area contributed by atoms with Crippen molar-refractivity contribution in [1.82, 2.24) is 0 Å². The minimum atomic E-state index is -2.19. The molecule has 0 heterocycles. The number of fused-ring (bicyclic) bond motifs is 4. The Hall–Kier alpha value is -4.60. The van der Waals surface area contributed by atoms with E-state index in [2.05, 4.69) is 50.0 Å². The van der Waals surface area contributed by atoms with Crippen LogP contribution < -0.4 is 11.5 Å². The standard InChI is InChI=1S/C54H63N3O8/c1-30(44(61)62)34-18-23-50(57-45(55)56)25-24-49-29-51(63)26-27-52(64)38(33-17-16-31-12-6-7-13-32(31)28-33)41-46(2)20-10-5-11-21-53(51)42(52)39(47(41,3)22-19-37(46)58)40(59)35(48(49,53)4)14-8-9-15-36(49)54(50,65)43(34)60/h6-7,12-13,24-28,35-36,38,41,43,60,63-65H,8-9,11,14-23,29H2,1-4H3,(H,61,62)(H4,55,56,57)/b34-30+/t35-,36+,38+,41-,43-,46-,47-,48-,49-,50+,51+,52-,53+,54+/m1/s1. The normalized spacial score (nSPS) is 48.2. The summed E-state index contributed by atoms with van der Waals surface area (Å²) in [6, 6.07) is 8.28. The maximum absolute atomic E-state index is 16.6. The van der Waals surface area contributed by atoms with Gasteiger partial charge >= 0.3 is 5.97 Å². The van der Waals surface area contributed by atoms with E-state index in [0.717, 1.165) is 17.6 Å². The molecule has 1 aromatic carbocycles. The molecule has 0 unspecified atom stereocenters. The van der Waals surface area contributed by atoms with Crippen LogP contribution in [0.2, 0.25) is 0 Å². The Kier molecular flexibility index (Phi) is 8.80. The summed E-state index contributed by atoms with van der Waals surface area (Å²) < 4.78 is 0. The van der Waals surface area contributed by atoms with Gasteiger partial charge in [0.15, 0.2) is 11.7 Å². The van der Waals surface area contributed by atoms with Crippen LogP contribution in [0.4, 0.5) is 0 Å².